The van der Waals surface area contributed by atoms with E-state index in [0.717, 1.165) is 0 Å². The van der Waals surface area contributed by atoms with Crippen LogP contribution in [0, 0.1) is 0 Å². The van der Waals surface area contributed by atoms with Crippen LogP contribution in [0.2, 0.25) is 0 Å². The normalized spacial score (nSPS) is 9.78. The summed E-state index contributed by atoms with van der Waals surface area (Å²) in [5, 5.41) is 0. The summed E-state index contributed by atoms with van der Waals surface area (Å²) in [7, 11) is 0. The molecule has 0 aliphatic rings. The summed E-state index contributed by atoms with van der Waals surface area (Å²) in [6.45, 7) is 6.93. The van der Waals surface area contributed by atoms with Crippen molar-refractivity contribution in [3.05, 3.63) is 0 Å². The molecule has 0 bridgehead atoms. The van der Waals surface area contributed by atoms with Crippen LogP contribution >= 0.6 is 0 Å². The molecule has 0 saturated heterocycles. The average Bonchev–Trinajstić information content (AvgIpc) is 1.21. The Hall–Kier alpha value is 1.11. The first kappa shape index (κ1) is 12.8. The van der Waals surface area contributed by atoms with Gasteiger partial charge in [-0.05, 0) is 20.8 Å². The maximum atomic E-state index is 10.2. The van der Waals surface area contributed by atoms with E-state index < -0.39 is 0 Å². The van der Waals surface area contributed by atoms with Gasteiger partial charge in [0.2, 0.25) is 0 Å². The van der Waals surface area contributed by atoms with E-state index in [1.54, 1.807) is 0 Å². The van der Waals surface area contributed by atoms with Gasteiger partial charge in [0.15, 0.2) is 0 Å². The summed E-state index contributed by atoms with van der Waals surface area (Å²) in [4.78, 5) is 10.2. The minimum atomic E-state index is -0.328. The second-order valence-electron chi connectivity index (χ2n) is 2.71. The summed E-state index contributed by atoms with van der Waals surface area (Å²) >= 11 is 0. The van der Waals surface area contributed by atoms with Crippen LogP contribution in [-0.2, 0) is 9.53 Å². The van der Waals surface area contributed by atoms with Gasteiger partial charge in [0.05, 0.1) is 0 Å². The van der Waals surface area contributed by atoms with Crippen molar-refractivity contribution in [2.45, 2.75) is 33.3 Å². The minimum absolute atomic E-state index is 0. The third-order valence-corrected chi connectivity index (χ3v) is 0.450. The monoisotopic (exact) mass is 155 g/mol. The first-order valence-corrected chi connectivity index (χ1v) is 2.61. The molecule has 0 aliphatic heterocycles. The molecule has 0 heterocycles. The third-order valence-electron chi connectivity index (χ3n) is 0.450. The van der Waals surface area contributed by atoms with Crippen LogP contribution in [0.25, 0.3) is 0 Å². The minimum Gasteiger partial charge on any atom is -0.460 e. The first-order chi connectivity index (χ1) is 3.42. The van der Waals surface area contributed by atoms with E-state index in [-0.39, 0.29) is 63.0 Å². The number of carbonyl (C=O) groups is 1. The fourth-order valence-corrected chi connectivity index (χ4v) is 0.431. The summed E-state index contributed by atoms with van der Waals surface area (Å²) in [6.07, 6.45) is 0. The molecule has 0 rings (SSSR count). The first-order valence-electron chi connectivity index (χ1n) is 2.61. The van der Waals surface area contributed by atoms with Crippen molar-refractivity contribution < 1.29 is 9.53 Å². The van der Waals surface area contributed by atoms with Crippen LogP contribution in [0.5, 0.6) is 0 Å². The number of carbonyl (C=O) groups excluding carboxylic acids is 1. The zero-order valence-electron chi connectivity index (χ0n) is 6.82. The van der Waals surface area contributed by atoms with Crippen molar-refractivity contribution in [3.8, 4) is 0 Å². The Kier molecular flexibility index (Phi) is 6.87. The molecule has 0 aromatic rings. The average molecular weight is 155 g/mol. The van der Waals surface area contributed by atoms with E-state index in [2.05, 4.69) is 0 Å². The SMILES string of the molecule is CC(=O)OC(C)(C)C.[K]. The molecule has 0 aliphatic carbocycles. The molecule has 0 aromatic heterocycles. The van der Waals surface area contributed by atoms with Crippen LogP contribution in [0.3, 0.4) is 0 Å². The van der Waals surface area contributed by atoms with E-state index in [1.807, 2.05) is 20.8 Å². The fourth-order valence-electron chi connectivity index (χ4n) is 0.431. The maximum absolute atomic E-state index is 10.2. The third kappa shape index (κ3) is 12.3. The van der Waals surface area contributed by atoms with Crippen molar-refractivity contribution in [1.82, 2.24) is 0 Å². The smallest absolute Gasteiger partial charge is 0.303 e. The second-order valence-corrected chi connectivity index (χ2v) is 2.71. The quantitative estimate of drug-likeness (QED) is 0.385. The van der Waals surface area contributed by atoms with Crippen LogP contribution in [0.15, 0.2) is 0 Å². The van der Waals surface area contributed by atoms with Gasteiger partial charge in [-0.15, -0.1) is 0 Å². The van der Waals surface area contributed by atoms with Crippen LogP contribution in [-0.4, -0.2) is 63.0 Å². The van der Waals surface area contributed by atoms with Crippen LogP contribution in [0.1, 0.15) is 27.7 Å². The molecule has 2 nitrogen and oxygen atoms in total. The predicted molar refractivity (Wildman–Crippen MR) is 37.3 cm³/mol. The van der Waals surface area contributed by atoms with Crippen molar-refractivity contribution in [2.75, 3.05) is 0 Å². The maximum Gasteiger partial charge on any atom is 0.303 e. The van der Waals surface area contributed by atoms with E-state index in [4.69, 9.17) is 4.74 Å². The van der Waals surface area contributed by atoms with Gasteiger partial charge in [-0.1, -0.05) is 0 Å². The van der Waals surface area contributed by atoms with Crippen molar-refractivity contribution in [1.29, 1.82) is 0 Å². The Morgan fingerprint density at radius 1 is 1.33 bits per heavy atom. The molecule has 3 heteroatoms. The summed E-state index contributed by atoms with van der Waals surface area (Å²) in [6, 6.07) is 0. The van der Waals surface area contributed by atoms with Gasteiger partial charge in [0.25, 0.3) is 0 Å². The van der Waals surface area contributed by atoms with E-state index in [0.29, 0.717) is 0 Å². The molecule has 49 valence electrons. The van der Waals surface area contributed by atoms with Crippen LogP contribution < -0.4 is 0 Å². The van der Waals surface area contributed by atoms with Gasteiger partial charge in [-0.3, -0.25) is 4.79 Å². The summed E-state index contributed by atoms with van der Waals surface area (Å²) < 4.78 is 4.80. The number of hydrogen-bond donors (Lipinski definition) is 0. The molecule has 0 fully saturated rings. The summed E-state index contributed by atoms with van der Waals surface area (Å²) in [5.41, 5.74) is -0.328. The fraction of sp³-hybridized carbons (Fsp3) is 0.833. The predicted octanol–water partition coefficient (Wildman–Crippen LogP) is 0.967. The van der Waals surface area contributed by atoms with Gasteiger partial charge in [-0.25, -0.2) is 0 Å². The van der Waals surface area contributed by atoms with Crippen molar-refractivity contribution in [2.24, 2.45) is 0 Å². The van der Waals surface area contributed by atoms with Gasteiger partial charge in [-0.2, -0.15) is 0 Å². The molecule has 0 N–H and O–H groups in total. The van der Waals surface area contributed by atoms with Crippen molar-refractivity contribution >= 4 is 57.4 Å². The van der Waals surface area contributed by atoms with E-state index in [9.17, 15) is 4.79 Å². The Labute approximate surface area is 98.8 Å². The van der Waals surface area contributed by atoms with Crippen molar-refractivity contribution in [3.63, 3.8) is 0 Å². The Morgan fingerprint density at radius 2 is 1.67 bits per heavy atom. The molecule has 0 aromatic carbocycles. The molecule has 0 atom stereocenters. The largest absolute Gasteiger partial charge is 0.460 e. The Morgan fingerprint density at radius 3 is 1.67 bits per heavy atom. The van der Waals surface area contributed by atoms with Gasteiger partial charge in [0, 0.05) is 58.3 Å². The summed E-state index contributed by atoms with van der Waals surface area (Å²) in [5.74, 6) is -0.225. The van der Waals surface area contributed by atoms with Gasteiger partial charge >= 0.3 is 5.97 Å². The molecule has 1 radical (unpaired) electrons. The van der Waals surface area contributed by atoms with Gasteiger partial charge < -0.3 is 4.74 Å². The van der Waals surface area contributed by atoms with Crippen LogP contribution in [0.4, 0.5) is 0 Å². The number of rotatable bonds is 0. The Balaban J connectivity index is 0. The molecule has 0 unspecified atom stereocenters. The number of esters is 1. The molecule has 0 saturated carbocycles. The van der Waals surface area contributed by atoms with E-state index >= 15 is 0 Å². The Bertz CT molecular complexity index is 93.7. The second kappa shape index (κ2) is 4.85. The topological polar surface area (TPSA) is 26.3 Å². The molecule has 9 heavy (non-hydrogen) atoms. The molecule has 0 spiro atoms. The number of hydrogen-bond acceptors (Lipinski definition) is 2. The molecular formula is C6H12KO2. The number of ether oxygens (including phenoxy) is 1. The molecule has 0 amide bonds. The van der Waals surface area contributed by atoms with Gasteiger partial charge in [0.1, 0.15) is 5.60 Å². The zero-order valence-corrected chi connectivity index (χ0v) is 9.94. The van der Waals surface area contributed by atoms with E-state index in [1.165, 1.54) is 6.92 Å². The standard InChI is InChI=1S/C6H12O2.K/c1-5(7)8-6(2,3)4;/h1-4H3;. The molecular weight excluding hydrogens is 143 g/mol. The zero-order chi connectivity index (χ0) is 6.78.